The van der Waals surface area contributed by atoms with E-state index in [1.807, 2.05) is 0 Å². The average molecular weight is 347 g/mol. The van der Waals surface area contributed by atoms with Crippen molar-refractivity contribution in [3.8, 4) is 0 Å². The van der Waals surface area contributed by atoms with E-state index in [0.717, 1.165) is 12.1 Å². The first kappa shape index (κ1) is 14.8. The van der Waals surface area contributed by atoms with Crippen LogP contribution in [0.5, 0.6) is 0 Å². The molecule has 3 nitrogen and oxygen atoms in total. The summed E-state index contributed by atoms with van der Waals surface area (Å²) in [6, 6.07) is 3.46. The quantitative estimate of drug-likeness (QED) is 0.789. The van der Waals surface area contributed by atoms with Crippen LogP contribution in [0.3, 0.4) is 0 Å². The van der Waals surface area contributed by atoms with E-state index in [-0.39, 0.29) is 10.3 Å². The number of nitrogens with zero attached hydrogens (tertiary/aromatic N) is 2. The first-order valence-corrected chi connectivity index (χ1v) is 6.56. The number of hydrogen-bond acceptors (Lipinski definition) is 2. The number of alkyl halides is 3. The molecule has 0 radical (unpaired) electrons. The maximum absolute atomic E-state index is 13.0. The number of halogens is 4. The summed E-state index contributed by atoms with van der Waals surface area (Å²) in [6.07, 6.45) is -1.65. The number of aryl methyl sites for hydroxylation is 1. The number of imidazole rings is 1. The van der Waals surface area contributed by atoms with Crippen LogP contribution in [0.4, 0.5) is 13.2 Å². The molecule has 0 atom stereocenters. The fraction of sp³-hybridized carbons (Fsp3) is 0.231. The standard InChI is InChI=1S/C13H10BrF3N2O/c1-2-19-6-5-18-12(19)11(20)9-4-3-8(14)7-10(9)13(15,16)17/h3-7H,2H2,1H3. The number of rotatable bonds is 3. The lowest BCUT2D eigenvalue weighted by atomic mass is 10.0. The van der Waals surface area contributed by atoms with Crippen LogP contribution in [-0.2, 0) is 12.7 Å². The van der Waals surface area contributed by atoms with Gasteiger partial charge >= 0.3 is 6.18 Å². The molecule has 0 fully saturated rings. The Balaban J connectivity index is 2.56. The molecule has 1 aromatic heterocycles. The van der Waals surface area contributed by atoms with Crippen LogP contribution >= 0.6 is 15.9 Å². The van der Waals surface area contributed by atoms with Gasteiger partial charge in [0.25, 0.3) is 0 Å². The van der Waals surface area contributed by atoms with Crippen molar-refractivity contribution in [2.75, 3.05) is 0 Å². The van der Waals surface area contributed by atoms with Crippen LogP contribution < -0.4 is 0 Å². The summed E-state index contributed by atoms with van der Waals surface area (Å²) in [5, 5.41) is 0. The maximum atomic E-state index is 13.0. The molecule has 0 unspecified atom stereocenters. The van der Waals surface area contributed by atoms with E-state index < -0.39 is 23.1 Å². The minimum atomic E-state index is -4.60. The third-order valence-corrected chi connectivity index (χ3v) is 3.28. The summed E-state index contributed by atoms with van der Waals surface area (Å²) in [4.78, 5) is 16.1. The Morgan fingerprint density at radius 1 is 1.40 bits per heavy atom. The smallest absolute Gasteiger partial charge is 0.328 e. The van der Waals surface area contributed by atoms with E-state index in [0.29, 0.717) is 6.54 Å². The molecule has 0 saturated carbocycles. The van der Waals surface area contributed by atoms with Crippen molar-refractivity contribution in [3.05, 3.63) is 52.0 Å². The molecule has 106 valence electrons. The predicted octanol–water partition coefficient (Wildman–Crippen LogP) is 3.92. The topological polar surface area (TPSA) is 34.9 Å². The van der Waals surface area contributed by atoms with Crippen LogP contribution in [0.2, 0.25) is 0 Å². The Hall–Kier alpha value is -1.63. The van der Waals surface area contributed by atoms with Crippen LogP contribution in [0.25, 0.3) is 0 Å². The highest BCUT2D eigenvalue weighted by Gasteiger charge is 2.36. The molecule has 0 spiro atoms. The monoisotopic (exact) mass is 346 g/mol. The van der Waals surface area contributed by atoms with Crippen molar-refractivity contribution in [1.82, 2.24) is 9.55 Å². The maximum Gasteiger partial charge on any atom is 0.417 e. The van der Waals surface area contributed by atoms with Crippen LogP contribution in [-0.4, -0.2) is 15.3 Å². The fourth-order valence-corrected chi connectivity index (χ4v) is 2.20. The van der Waals surface area contributed by atoms with E-state index in [9.17, 15) is 18.0 Å². The molecule has 0 N–H and O–H groups in total. The Bertz CT molecular complexity index is 649. The van der Waals surface area contributed by atoms with Crippen LogP contribution in [0.15, 0.2) is 35.1 Å². The number of hydrogen-bond donors (Lipinski definition) is 0. The zero-order valence-electron chi connectivity index (χ0n) is 10.4. The molecule has 2 aromatic rings. The van der Waals surface area contributed by atoms with Gasteiger partial charge in [-0.25, -0.2) is 4.98 Å². The third-order valence-electron chi connectivity index (χ3n) is 2.79. The highest BCUT2D eigenvalue weighted by molar-refractivity contribution is 9.10. The normalized spacial score (nSPS) is 11.7. The van der Waals surface area contributed by atoms with E-state index in [2.05, 4.69) is 20.9 Å². The summed E-state index contributed by atoms with van der Waals surface area (Å²) in [5.74, 6) is -0.739. The van der Waals surface area contributed by atoms with E-state index >= 15 is 0 Å². The van der Waals surface area contributed by atoms with Gasteiger partial charge in [-0.2, -0.15) is 13.2 Å². The number of ketones is 1. The lowest BCUT2D eigenvalue weighted by molar-refractivity contribution is -0.137. The van der Waals surface area contributed by atoms with Gasteiger partial charge in [-0.15, -0.1) is 0 Å². The molecular formula is C13H10BrF3N2O. The first-order valence-electron chi connectivity index (χ1n) is 5.77. The van der Waals surface area contributed by atoms with Crippen molar-refractivity contribution in [2.24, 2.45) is 0 Å². The lowest BCUT2D eigenvalue weighted by Gasteiger charge is -2.12. The summed E-state index contributed by atoms with van der Waals surface area (Å²) in [7, 11) is 0. The molecule has 7 heteroatoms. The van der Waals surface area contributed by atoms with Gasteiger partial charge in [-0.05, 0) is 25.1 Å². The number of carbonyl (C=O) groups is 1. The molecule has 1 heterocycles. The second-order valence-corrected chi connectivity index (χ2v) is 4.97. The van der Waals surface area contributed by atoms with Crippen molar-refractivity contribution in [1.29, 1.82) is 0 Å². The molecule has 0 aliphatic carbocycles. The summed E-state index contributed by atoms with van der Waals surface area (Å²) >= 11 is 2.98. The largest absolute Gasteiger partial charge is 0.417 e. The van der Waals surface area contributed by atoms with Gasteiger partial charge in [0.1, 0.15) is 0 Å². The zero-order chi connectivity index (χ0) is 14.9. The first-order chi connectivity index (χ1) is 9.34. The van der Waals surface area contributed by atoms with Gasteiger partial charge < -0.3 is 4.57 Å². The fourth-order valence-electron chi connectivity index (χ4n) is 1.84. The number of benzene rings is 1. The van der Waals surface area contributed by atoms with Crippen molar-refractivity contribution >= 4 is 21.7 Å². The van der Waals surface area contributed by atoms with Gasteiger partial charge in [0.2, 0.25) is 5.78 Å². The molecule has 0 aliphatic rings. The average Bonchev–Trinajstić information content (AvgIpc) is 2.85. The van der Waals surface area contributed by atoms with Crippen molar-refractivity contribution < 1.29 is 18.0 Å². The summed E-state index contributed by atoms with van der Waals surface area (Å²) in [6.45, 7) is 2.24. The summed E-state index contributed by atoms with van der Waals surface area (Å²) < 4.78 is 40.8. The van der Waals surface area contributed by atoms with Crippen LogP contribution in [0, 0.1) is 0 Å². The summed E-state index contributed by atoms with van der Waals surface area (Å²) in [5.41, 5.74) is -1.37. The molecule has 0 amide bonds. The molecule has 2 rings (SSSR count). The highest BCUT2D eigenvalue weighted by Crippen LogP contribution is 2.34. The molecule has 0 bridgehead atoms. The minimum Gasteiger partial charge on any atom is -0.328 e. The number of carbonyl (C=O) groups excluding carboxylic acids is 1. The Labute approximate surface area is 121 Å². The van der Waals surface area contributed by atoms with Gasteiger partial charge in [0.15, 0.2) is 5.82 Å². The predicted molar refractivity (Wildman–Crippen MR) is 70.5 cm³/mol. The second kappa shape index (κ2) is 5.40. The van der Waals surface area contributed by atoms with E-state index in [1.165, 1.54) is 16.8 Å². The molecule has 0 saturated heterocycles. The Morgan fingerprint density at radius 2 is 2.10 bits per heavy atom. The Kier molecular flexibility index (Phi) is 3.99. The van der Waals surface area contributed by atoms with Crippen molar-refractivity contribution in [3.63, 3.8) is 0 Å². The number of aromatic nitrogens is 2. The van der Waals surface area contributed by atoms with Crippen LogP contribution in [0.1, 0.15) is 28.7 Å². The highest BCUT2D eigenvalue weighted by atomic mass is 79.9. The Morgan fingerprint density at radius 3 is 2.70 bits per heavy atom. The van der Waals surface area contributed by atoms with Gasteiger partial charge in [-0.1, -0.05) is 15.9 Å². The molecular weight excluding hydrogens is 337 g/mol. The third kappa shape index (κ3) is 2.77. The van der Waals surface area contributed by atoms with Gasteiger partial charge in [-0.3, -0.25) is 4.79 Å². The van der Waals surface area contributed by atoms with Gasteiger partial charge in [0.05, 0.1) is 5.56 Å². The lowest BCUT2D eigenvalue weighted by Crippen LogP contribution is -2.17. The zero-order valence-corrected chi connectivity index (χ0v) is 12.0. The van der Waals surface area contributed by atoms with Gasteiger partial charge in [0, 0.05) is 29.0 Å². The second-order valence-electron chi connectivity index (χ2n) is 4.05. The molecule has 0 aliphatic heterocycles. The minimum absolute atomic E-state index is 0.000299. The molecule has 20 heavy (non-hydrogen) atoms. The van der Waals surface area contributed by atoms with E-state index in [1.54, 1.807) is 13.1 Å². The molecule has 1 aromatic carbocycles. The van der Waals surface area contributed by atoms with E-state index in [4.69, 9.17) is 0 Å². The SMILES string of the molecule is CCn1ccnc1C(=O)c1ccc(Br)cc1C(F)(F)F. The van der Waals surface area contributed by atoms with Crippen molar-refractivity contribution in [2.45, 2.75) is 19.6 Å².